The molecule has 0 aromatic heterocycles. The molecular formula is C24H42N2O. The van der Waals surface area contributed by atoms with Crippen LogP contribution in [0.4, 0.5) is 0 Å². The van der Waals surface area contributed by atoms with Gasteiger partial charge in [0, 0.05) is 17.8 Å². The van der Waals surface area contributed by atoms with Crippen molar-refractivity contribution in [1.29, 1.82) is 0 Å². The molecular weight excluding hydrogens is 332 g/mol. The number of nitrogens with one attached hydrogen (secondary N) is 1. The van der Waals surface area contributed by atoms with E-state index in [1.54, 1.807) is 0 Å². The van der Waals surface area contributed by atoms with E-state index >= 15 is 0 Å². The number of aliphatic imine (C=N–C) groups is 1. The van der Waals surface area contributed by atoms with Crippen molar-refractivity contribution in [3.05, 3.63) is 35.1 Å². The molecule has 0 bridgehead atoms. The zero-order chi connectivity index (χ0) is 20.4. The number of hydrogen-bond donors (Lipinski definition) is 2. The van der Waals surface area contributed by atoms with Gasteiger partial charge in [-0.05, 0) is 51.0 Å². The van der Waals surface area contributed by atoms with Crippen molar-refractivity contribution in [3.8, 4) is 0 Å². The maximum atomic E-state index is 9.60. The lowest BCUT2D eigenvalue weighted by atomic mass is 9.86. The number of nitrogens with zero attached hydrogens (tertiary/aromatic N) is 1. The van der Waals surface area contributed by atoms with Crippen LogP contribution in [0.3, 0.4) is 0 Å². The third kappa shape index (κ3) is 8.15. The van der Waals surface area contributed by atoms with E-state index in [4.69, 9.17) is 4.99 Å². The zero-order valence-corrected chi connectivity index (χ0v) is 18.7. The molecule has 1 aliphatic heterocycles. The molecule has 154 valence electrons. The van der Waals surface area contributed by atoms with Crippen LogP contribution in [-0.4, -0.2) is 29.5 Å². The van der Waals surface area contributed by atoms with Gasteiger partial charge in [0.15, 0.2) is 0 Å². The summed E-state index contributed by atoms with van der Waals surface area (Å²) >= 11 is 0. The first-order valence-electron chi connectivity index (χ1n) is 10.7. The van der Waals surface area contributed by atoms with Gasteiger partial charge in [-0.3, -0.25) is 4.99 Å². The smallest absolute Gasteiger partial charge is 0.0584 e. The average Bonchev–Trinajstić information content (AvgIpc) is 2.87. The van der Waals surface area contributed by atoms with Crippen molar-refractivity contribution in [2.24, 2.45) is 10.4 Å². The van der Waals surface area contributed by atoms with Crippen LogP contribution in [0.1, 0.15) is 87.0 Å². The van der Waals surface area contributed by atoms with Crippen molar-refractivity contribution < 1.29 is 5.11 Å². The van der Waals surface area contributed by atoms with Crippen LogP contribution in [0.5, 0.6) is 0 Å². The molecule has 2 N–H and O–H groups in total. The molecule has 1 heterocycles. The summed E-state index contributed by atoms with van der Waals surface area (Å²) in [5.74, 6) is 0. The number of aliphatic hydroxyl groups is 1. The molecule has 0 aromatic rings. The quantitative estimate of drug-likeness (QED) is 0.426. The number of aliphatic hydroxyl groups excluding tert-OH is 1. The molecule has 1 saturated heterocycles. The van der Waals surface area contributed by atoms with Crippen molar-refractivity contribution in [2.75, 3.05) is 6.61 Å². The van der Waals surface area contributed by atoms with Crippen LogP contribution in [0.15, 0.2) is 40.1 Å². The summed E-state index contributed by atoms with van der Waals surface area (Å²) < 4.78 is 0. The monoisotopic (exact) mass is 374 g/mol. The fourth-order valence-corrected chi connectivity index (χ4v) is 3.23. The Kier molecular flexibility index (Phi) is 10.3. The van der Waals surface area contributed by atoms with Gasteiger partial charge in [0.1, 0.15) is 0 Å². The molecule has 0 aromatic carbocycles. The maximum Gasteiger partial charge on any atom is 0.0584 e. The van der Waals surface area contributed by atoms with Gasteiger partial charge in [0.05, 0.1) is 12.3 Å². The van der Waals surface area contributed by atoms with E-state index in [1.807, 2.05) is 0 Å². The third-order valence-corrected chi connectivity index (χ3v) is 5.53. The normalized spacial score (nSPS) is 24.1. The Balaban J connectivity index is 3.13. The molecule has 2 unspecified atom stereocenters. The first kappa shape index (κ1) is 23.8. The summed E-state index contributed by atoms with van der Waals surface area (Å²) in [4.78, 5) is 5.04. The average molecular weight is 375 g/mol. The van der Waals surface area contributed by atoms with Gasteiger partial charge in [0.25, 0.3) is 0 Å². The van der Waals surface area contributed by atoms with Gasteiger partial charge < -0.3 is 10.4 Å². The second kappa shape index (κ2) is 11.6. The van der Waals surface area contributed by atoms with E-state index in [-0.39, 0.29) is 24.1 Å². The van der Waals surface area contributed by atoms with Gasteiger partial charge in [-0.2, -0.15) is 0 Å². The molecule has 0 radical (unpaired) electrons. The lowest BCUT2D eigenvalue weighted by Gasteiger charge is -2.23. The highest BCUT2D eigenvalue weighted by molar-refractivity contribution is 6.01. The van der Waals surface area contributed by atoms with Gasteiger partial charge in [0.2, 0.25) is 0 Å². The second-order valence-corrected chi connectivity index (χ2v) is 8.82. The molecule has 0 spiro atoms. The first-order chi connectivity index (χ1) is 12.7. The molecule has 0 aliphatic carbocycles. The Hall–Kier alpha value is -1.19. The van der Waals surface area contributed by atoms with E-state index in [1.165, 1.54) is 24.0 Å². The molecule has 3 nitrogen and oxygen atoms in total. The lowest BCUT2D eigenvalue weighted by Crippen LogP contribution is -2.39. The topological polar surface area (TPSA) is 44.6 Å². The minimum Gasteiger partial charge on any atom is -0.395 e. The molecule has 2 atom stereocenters. The van der Waals surface area contributed by atoms with Crippen LogP contribution in [0, 0.1) is 5.41 Å². The Morgan fingerprint density at radius 2 is 1.85 bits per heavy atom. The summed E-state index contributed by atoms with van der Waals surface area (Å²) in [6.45, 7) is 15.6. The van der Waals surface area contributed by atoms with Gasteiger partial charge >= 0.3 is 0 Å². The Labute approximate surface area is 167 Å². The van der Waals surface area contributed by atoms with Crippen LogP contribution in [-0.2, 0) is 0 Å². The molecule has 0 amide bonds. The molecule has 0 saturated carbocycles. The van der Waals surface area contributed by atoms with E-state index in [2.05, 4.69) is 72.0 Å². The molecule has 1 aliphatic rings. The fourth-order valence-electron chi connectivity index (χ4n) is 3.23. The summed E-state index contributed by atoms with van der Waals surface area (Å²) in [7, 11) is 0. The highest BCUT2D eigenvalue weighted by Crippen LogP contribution is 2.26. The summed E-state index contributed by atoms with van der Waals surface area (Å²) in [6, 6.07) is 0.408. The second-order valence-electron chi connectivity index (χ2n) is 8.82. The molecule has 3 heteroatoms. The van der Waals surface area contributed by atoms with E-state index < -0.39 is 0 Å². The number of unbranched alkanes of at least 4 members (excludes halogenated alkanes) is 1. The maximum absolute atomic E-state index is 9.60. The largest absolute Gasteiger partial charge is 0.395 e. The van der Waals surface area contributed by atoms with E-state index in [9.17, 15) is 5.11 Å². The summed E-state index contributed by atoms with van der Waals surface area (Å²) in [6.07, 6.45) is 13.4. The number of allylic oxidation sites excluding steroid dienone is 5. The molecule has 27 heavy (non-hydrogen) atoms. The number of rotatable bonds is 7. The lowest BCUT2D eigenvalue weighted by molar-refractivity contribution is 0.233. The third-order valence-electron chi connectivity index (χ3n) is 5.53. The van der Waals surface area contributed by atoms with Gasteiger partial charge in [-0.1, -0.05) is 70.8 Å². The van der Waals surface area contributed by atoms with E-state index in [0.29, 0.717) is 0 Å². The summed E-state index contributed by atoms with van der Waals surface area (Å²) in [5.41, 5.74) is 4.93. The predicted octanol–water partition coefficient (Wildman–Crippen LogP) is 5.96. The van der Waals surface area contributed by atoms with E-state index in [0.717, 1.165) is 37.1 Å². The van der Waals surface area contributed by atoms with Gasteiger partial charge in [-0.25, -0.2) is 0 Å². The van der Waals surface area contributed by atoms with Crippen LogP contribution < -0.4 is 5.32 Å². The predicted molar refractivity (Wildman–Crippen MR) is 119 cm³/mol. The number of hydrogen-bond acceptors (Lipinski definition) is 3. The van der Waals surface area contributed by atoms with Crippen molar-refractivity contribution >= 4 is 5.71 Å². The highest BCUT2D eigenvalue weighted by Gasteiger charge is 2.21. The zero-order valence-electron chi connectivity index (χ0n) is 18.7. The minimum absolute atomic E-state index is 0.159. The van der Waals surface area contributed by atoms with Crippen molar-refractivity contribution in [1.82, 2.24) is 5.32 Å². The summed E-state index contributed by atoms with van der Waals surface area (Å²) in [5, 5.41) is 13.2. The minimum atomic E-state index is 0.159. The van der Waals surface area contributed by atoms with Crippen LogP contribution in [0.25, 0.3) is 0 Å². The molecule has 1 fully saturated rings. The standard InChI is InChI=1S/C24H42N2O/c1-8-10-13-20(16-18(3)24(5,6)7)19(4)25-22(9-2)23-15-12-11-14-21(17-27)26-23/h9,13,16,21,23,26-27H,8,10-12,14-15,17H2,1-7H3/b18-16+,20-13+,22-9-,25-19+. The van der Waals surface area contributed by atoms with Gasteiger partial charge in [-0.15, -0.1) is 0 Å². The van der Waals surface area contributed by atoms with Crippen molar-refractivity contribution in [2.45, 2.75) is 99.1 Å². The van der Waals surface area contributed by atoms with Crippen LogP contribution in [0.2, 0.25) is 0 Å². The SMILES string of the molecule is C\C=C(/N=C(C)/C(=C/CCC)/C=C(\C)C(C)(C)C)C1CCCCC(CO)N1. The Bertz CT molecular complexity index is 576. The fraction of sp³-hybridized carbons (Fsp3) is 0.708. The Morgan fingerprint density at radius 1 is 1.19 bits per heavy atom. The van der Waals surface area contributed by atoms with Crippen molar-refractivity contribution in [3.63, 3.8) is 0 Å². The first-order valence-corrected chi connectivity index (χ1v) is 10.7. The van der Waals surface area contributed by atoms with Crippen LogP contribution >= 0.6 is 0 Å². The molecule has 1 rings (SSSR count). The Morgan fingerprint density at radius 3 is 2.41 bits per heavy atom. The highest BCUT2D eigenvalue weighted by atomic mass is 16.3.